The largest absolute Gasteiger partial charge is 0.508 e. The highest BCUT2D eigenvalue weighted by molar-refractivity contribution is 6.08. The Morgan fingerprint density at radius 3 is 2.41 bits per heavy atom. The maximum atomic E-state index is 11.7. The summed E-state index contributed by atoms with van der Waals surface area (Å²) in [5.41, 5.74) is -0.284. The van der Waals surface area contributed by atoms with Crippen LogP contribution in [0.3, 0.4) is 0 Å². The molecule has 0 aromatic heterocycles. The number of phenols is 1. The van der Waals surface area contributed by atoms with Gasteiger partial charge in [-0.25, -0.2) is 4.79 Å². The first kappa shape index (κ1) is 11.2. The normalized spacial score (nSPS) is 23.1. The summed E-state index contributed by atoms with van der Waals surface area (Å²) < 4.78 is 0. The molecule has 2 rings (SSSR count). The molecule has 5 nitrogen and oxygen atoms in total. The first-order chi connectivity index (χ1) is 8.05. The SMILES string of the molecule is C=CC1(Cc2ccc(O)cc2)NC(=O)NC1=O. The van der Waals surface area contributed by atoms with Crippen LogP contribution < -0.4 is 10.6 Å². The van der Waals surface area contributed by atoms with Crippen molar-refractivity contribution in [3.8, 4) is 5.75 Å². The van der Waals surface area contributed by atoms with Crippen molar-refractivity contribution in [2.24, 2.45) is 0 Å². The summed E-state index contributed by atoms with van der Waals surface area (Å²) in [7, 11) is 0. The highest BCUT2D eigenvalue weighted by atomic mass is 16.3. The van der Waals surface area contributed by atoms with Gasteiger partial charge in [0, 0.05) is 6.42 Å². The monoisotopic (exact) mass is 232 g/mol. The Morgan fingerprint density at radius 2 is 1.94 bits per heavy atom. The lowest BCUT2D eigenvalue weighted by molar-refractivity contribution is -0.122. The van der Waals surface area contributed by atoms with Gasteiger partial charge >= 0.3 is 6.03 Å². The lowest BCUT2D eigenvalue weighted by atomic mass is 9.91. The minimum absolute atomic E-state index is 0.154. The average Bonchev–Trinajstić information content (AvgIpc) is 2.58. The Morgan fingerprint density at radius 1 is 1.29 bits per heavy atom. The number of aromatic hydroxyl groups is 1. The number of phenolic OH excluding ortho intramolecular Hbond substituents is 1. The Hall–Kier alpha value is -2.30. The van der Waals surface area contributed by atoms with Crippen molar-refractivity contribution in [1.29, 1.82) is 0 Å². The van der Waals surface area contributed by atoms with Gasteiger partial charge in [0.15, 0.2) is 0 Å². The van der Waals surface area contributed by atoms with E-state index in [1.807, 2.05) is 0 Å². The second-order valence-electron chi connectivity index (χ2n) is 3.93. The number of urea groups is 1. The number of hydrogen-bond acceptors (Lipinski definition) is 3. The maximum absolute atomic E-state index is 11.7. The third-order valence-corrected chi connectivity index (χ3v) is 2.74. The fourth-order valence-corrected chi connectivity index (χ4v) is 1.78. The van der Waals surface area contributed by atoms with Gasteiger partial charge in [-0.15, -0.1) is 6.58 Å². The fraction of sp³-hybridized carbons (Fsp3) is 0.167. The Bertz CT molecular complexity index is 481. The minimum atomic E-state index is -1.10. The number of amides is 3. The molecule has 0 saturated carbocycles. The topological polar surface area (TPSA) is 78.4 Å². The van der Waals surface area contributed by atoms with Crippen LogP contribution in [0.15, 0.2) is 36.9 Å². The predicted octanol–water partition coefficient (Wildman–Crippen LogP) is 0.699. The molecule has 1 unspecified atom stereocenters. The van der Waals surface area contributed by atoms with E-state index in [-0.39, 0.29) is 5.75 Å². The van der Waals surface area contributed by atoms with Crippen LogP contribution in [0.25, 0.3) is 0 Å². The van der Waals surface area contributed by atoms with Crippen molar-refractivity contribution in [2.75, 3.05) is 0 Å². The Balaban J connectivity index is 2.26. The van der Waals surface area contributed by atoms with Gasteiger partial charge in [0.1, 0.15) is 11.3 Å². The summed E-state index contributed by atoms with van der Waals surface area (Å²) in [6.07, 6.45) is 1.72. The summed E-state index contributed by atoms with van der Waals surface area (Å²) >= 11 is 0. The number of rotatable bonds is 3. The van der Waals surface area contributed by atoms with Gasteiger partial charge in [-0.3, -0.25) is 10.1 Å². The van der Waals surface area contributed by atoms with Crippen LogP contribution >= 0.6 is 0 Å². The Kier molecular flexibility index (Phi) is 2.59. The first-order valence-electron chi connectivity index (χ1n) is 5.11. The number of imide groups is 1. The van der Waals surface area contributed by atoms with Crippen molar-refractivity contribution in [3.63, 3.8) is 0 Å². The van der Waals surface area contributed by atoms with E-state index in [9.17, 15) is 9.59 Å². The molecule has 3 N–H and O–H groups in total. The molecule has 1 aliphatic rings. The van der Waals surface area contributed by atoms with E-state index in [2.05, 4.69) is 17.2 Å². The zero-order chi connectivity index (χ0) is 12.5. The molecule has 1 saturated heterocycles. The number of benzene rings is 1. The molecule has 0 bridgehead atoms. The van der Waals surface area contributed by atoms with Gasteiger partial charge in [-0.05, 0) is 17.7 Å². The number of carbonyl (C=O) groups is 2. The van der Waals surface area contributed by atoms with E-state index >= 15 is 0 Å². The van der Waals surface area contributed by atoms with E-state index < -0.39 is 17.5 Å². The summed E-state index contributed by atoms with van der Waals surface area (Å²) in [6, 6.07) is 5.92. The third-order valence-electron chi connectivity index (χ3n) is 2.74. The molecular formula is C12H12N2O3. The molecule has 1 aliphatic heterocycles. The third kappa shape index (κ3) is 1.99. The quantitative estimate of drug-likeness (QED) is 0.530. The summed E-state index contributed by atoms with van der Waals surface area (Å²) in [4.78, 5) is 22.8. The molecule has 5 heteroatoms. The van der Waals surface area contributed by atoms with E-state index in [4.69, 9.17) is 5.11 Å². The van der Waals surface area contributed by atoms with Crippen LogP contribution in [0, 0.1) is 0 Å². The number of nitrogens with one attached hydrogen (secondary N) is 2. The van der Waals surface area contributed by atoms with Crippen LogP contribution in [0.2, 0.25) is 0 Å². The molecule has 3 amide bonds. The molecule has 88 valence electrons. The van der Waals surface area contributed by atoms with Gasteiger partial charge in [-0.1, -0.05) is 18.2 Å². The van der Waals surface area contributed by atoms with Crippen molar-refractivity contribution in [3.05, 3.63) is 42.5 Å². The second kappa shape index (κ2) is 3.93. The average molecular weight is 232 g/mol. The van der Waals surface area contributed by atoms with E-state index in [0.29, 0.717) is 6.42 Å². The molecule has 1 atom stereocenters. The van der Waals surface area contributed by atoms with Crippen molar-refractivity contribution >= 4 is 11.9 Å². The molecule has 1 aromatic rings. The number of hydrogen-bond donors (Lipinski definition) is 3. The molecule has 0 aliphatic carbocycles. The van der Waals surface area contributed by atoms with Crippen molar-refractivity contribution in [1.82, 2.24) is 10.6 Å². The summed E-state index contributed by atoms with van der Waals surface area (Å²) in [6.45, 7) is 3.59. The van der Waals surface area contributed by atoms with Gasteiger partial charge in [-0.2, -0.15) is 0 Å². The smallest absolute Gasteiger partial charge is 0.322 e. The number of carbonyl (C=O) groups excluding carboxylic acids is 2. The van der Waals surface area contributed by atoms with Gasteiger partial charge in [0.25, 0.3) is 5.91 Å². The van der Waals surface area contributed by atoms with Gasteiger partial charge < -0.3 is 10.4 Å². The summed E-state index contributed by atoms with van der Waals surface area (Å²) in [5, 5.41) is 13.9. The molecule has 1 aromatic carbocycles. The molecule has 1 heterocycles. The molecule has 1 fully saturated rings. The predicted molar refractivity (Wildman–Crippen MR) is 61.4 cm³/mol. The first-order valence-corrected chi connectivity index (χ1v) is 5.11. The van der Waals surface area contributed by atoms with Gasteiger partial charge in [0.05, 0.1) is 0 Å². The van der Waals surface area contributed by atoms with Crippen LogP contribution in [-0.2, 0) is 11.2 Å². The molecule has 0 spiro atoms. The lowest BCUT2D eigenvalue weighted by Gasteiger charge is -2.21. The van der Waals surface area contributed by atoms with Crippen LogP contribution in [0.4, 0.5) is 4.79 Å². The Labute approximate surface area is 98.1 Å². The van der Waals surface area contributed by atoms with E-state index in [1.165, 1.54) is 18.2 Å². The molecule has 0 radical (unpaired) electrons. The zero-order valence-electron chi connectivity index (χ0n) is 9.06. The summed E-state index contributed by atoms with van der Waals surface area (Å²) in [5.74, 6) is -0.258. The fourth-order valence-electron chi connectivity index (χ4n) is 1.78. The van der Waals surface area contributed by atoms with Crippen LogP contribution in [0.1, 0.15) is 5.56 Å². The standard InChI is InChI=1S/C12H12N2O3/c1-2-12(10(16)13-11(17)14-12)7-8-3-5-9(15)6-4-8/h2-6,15H,1,7H2,(H2,13,14,16,17). The van der Waals surface area contributed by atoms with E-state index in [1.54, 1.807) is 12.1 Å². The molecule has 17 heavy (non-hydrogen) atoms. The minimum Gasteiger partial charge on any atom is -0.508 e. The highest BCUT2D eigenvalue weighted by Gasteiger charge is 2.43. The second-order valence-corrected chi connectivity index (χ2v) is 3.93. The maximum Gasteiger partial charge on any atom is 0.322 e. The van der Waals surface area contributed by atoms with Crippen molar-refractivity contribution in [2.45, 2.75) is 12.0 Å². The van der Waals surface area contributed by atoms with Crippen LogP contribution in [0.5, 0.6) is 5.75 Å². The molecular weight excluding hydrogens is 220 g/mol. The van der Waals surface area contributed by atoms with Crippen molar-refractivity contribution < 1.29 is 14.7 Å². The van der Waals surface area contributed by atoms with Gasteiger partial charge in [0.2, 0.25) is 0 Å². The highest BCUT2D eigenvalue weighted by Crippen LogP contribution is 2.20. The van der Waals surface area contributed by atoms with E-state index in [0.717, 1.165) is 5.56 Å². The van der Waals surface area contributed by atoms with Crippen LogP contribution in [-0.4, -0.2) is 22.6 Å². The zero-order valence-corrected chi connectivity index (χ0v) is 9.06. The lowest BCUT2D eigenvalue weighted by Crippen LogP contribution is -2.46.